The predicted octanol–water partition coefficient (Wildman–Crippen LogP) is 3.22. The minimum atomic E-state index is 0.342. The lowest BCUT2D eigenvalue weighted by atomic mass is 10.2. The van der Waals surface area contributed by atoms with Gasteiger partial charge in [0.2, 0.25) is 5.91 Å². The summed E-state index contributed by atoms with van der Waals surface area (Å²) in [6.07, 6.45) is 6.30. The fraction of sp³-hybridized carbons (Fsp3) is 0.917. The van der Waals surface area contributed by atoms with Crippen molar-refractivity contribution in [1.82, 2.24) is 4.90 Å². The van der Waals surface area contributed by atoms with Crippen molar-refractivity contribution < 1.29 is 4.79 Å². The minimum Gasteiger partial charge on any atom is -0.343 e. The van der Waals surface area contributed by atoms with E-state index in [4.69, 9.17) is 0 Å². The zero-order chi connectivity index (χ0) is 10.8. The maximum Gasteiger partial charge on any atom is 0.222 e. The number of amides is 1. The van der Waals surface area contributed by atoms with Gasteiger partial charge >= 0.3 is 0 Å². The minimum absolute atomic E-state index is 0.342. The van der Waals surface area contributed by atoms with E-state index in [1.165, 1.54) is 12.8 Å². The molecule has 2 heteroatoms. The van der Waals surface area contributed by atoms with Crippen molar-refractivity contribution in [2.24, 2.45) is 0 Å². The number of rotatable bonds is 8. The molecule has 2 nitrogen and oxygen atoms in total. The topological polar surface area (TPSA) is 20.3 Å². The molecule has 0 atom stereocenters. The standard InChI is InChI=1S/C12H25NO/c1-4-7-10-13(11-8-5-2)12(14)9-6-3/h4-11H2,1-3H3. The first-order valence-corrected chi connectivity index (χ1v) is 6.04. The summed E-state index contributed by atoms with van der Waals surface area (Å²) < 4.78 is 0. The molecule has 0 rings (SSSR count). The highest BCUT2D eigenvalue weighted by molar-refractivity contribution is 5.76. The SMILES string of the molecule is CCCCN(CCCC)C(=O)CCC. The lowest BCUT2D eigenvalue weighted by Gasteiger charge is -2.22. The Bertz CT molecular complexity index is 137. The highest BCUT2D eigenvalue weighted by atomic mass is 16.2. The molecule has 0 radical (unpaired) electrons. The van der Waals surface area contributed by atoms with E-state index in [0.29, 0.717) is 12.3 Å². The van der Waals surface area contributed by atoms with E-state index in [9.17, 15) is 4.79 Å². The summed E-state index contributed by atoms with van der Waals surface area (Å²) in [5.41, 5.74) is 0. The molecular weight excluding hydrogens is 174 g/mol. The number of carbonyl (C=O) groups is 1. The molecule has 0 fully saturated rings. The van der Waals surface area contributed by atoms with Crippen LogP contribution in [0.25, 0.3) is 0 Å². The third kappa shape index (κ3) is 6.01. The van der Waals surface area contributed by atoms with Gasteiger partial charge in [0.1, 0.15) is 0 Å². The molecule has 0 saturated heterocycles. The van der Waals surface area contributed by atoms with Crippen LogP contribution >= 0.6 is 0 Å². The Labute approximate surface area is 88.7 Å². The Morgan fingerprint density at radius 3 is 1.79 bits per heavy atom. The third-order valence-corrected chi connectivity index (χ3v) is 2.38. The smallest absolute Gasteiger partial charge is 0.222 e. The van der Waals surface area contributed by atoms with Gasteiger partial charge in [0, 0.05) is 19.5 Å². The quantitative estimate of drug-likeness (QED) is 0.588. The van der Waals surface area contributed by atoms with Crippen LogP contribution in [-0.2, 0) is 4.79 Å². The molecule has 0 heterocycles. The molecule has 0 aliphatic rings. The Hall–Kier alpha value is -0.530. The molecular formula is C12H25NO. The molecule has 0 bridgehead atoms. The third-order valence-electron chi connectivity index (χ3n) is 2.38. The summed E-state index contributed by atoms with van der Waals surface area (Å²) >= 11 is 0. The molecule has 0 saturated carbocycles. The van der Waals surface area contributed by atoms with Gasteiger partial charge in [0.05, 0.1) is 0 Å². The van der Waals surface area contributed by atoms with Gasteiger partial charge in [-0.05, 0) is 19.3 Å². The molecule has 0 N–H and O–H groups in total. The van der Waals surface area contributed by atoms with Crippen LogP contribution < -0.4 is 0 Å². The zero-order valence-electron chi connectivity index (χ0n) is 10.0. The van der Waals surface area contributed by atoms with Gasteiger partial charge in [-0.3, -0.25) is 4.79 Å². The number of hydrogen-bond acceptors (Lipinski definition) is 1. The van der Waals surface area contributed by atoms with Crippen molar-refractivity contribution >= 4 is 5.91 Å². The van der Waals surface area contributed by atoms with E-state index >= 15 is 0 Å². The van der Waals surface area contributed by atoms with Crippen molar-refractivity contribution in [2.45, 2.75) is 59.3 Å². The van der Waals surface area contributed by atoms with Gasteiger partial charge in [-0.15, -0.1) is 0 Å². The predicted molar refractivity (Wildman–Crippen MR) is 61.3 cm³/mol. The largest absolute Gasteiger partial charge is 0.343 e. The van der Waals surface area contributed by atoms with Crippen molar-refractivity contribution in [2.75, 3.05) is 13.1 Å². The van der Waals surface area contributed by atoms with E-state index in [-0.39, 0.29) is 0 Å². The molecule has 1 amide bonds. The Morgan fingerprint density at radius 2 is 1.43 bits per heavy atom. The summed E-state index contributed by atoms with van der Waals surface area (Å²) in [6.45, 7) is 8.31. The van der Waals surface area contributed by atoms with Crippen molar-refractivity contribution in [1.29, 1.82) is 0 Å². The normalized spacial score (nSPS) is 10.2. The van der Waals surface area contributed by atoms with Crippen LogP contribution in [0.4, 0.5) is 0 Å². The first-order valence-electron chi connectivity index (χ1n) is 6.04. The maximum absolute atomic E-state index is 11.7. The highest BCUT2D eigenvalue weighted by Gasteiger charge is 2.10. The number of unbranched alkanes of at least 4 members (excludes halogenated alkanes) is 2. The van der Waals surface area contributed by atoms with Crippen LogP contribution in [0, 0.1) is 0 Å². The molecule has 14 heavy (non-hydrogen) atoms. The van der Waals surface area contributed by atoms with Crippen molar-refractivity contribution in [3.8, 4) is 0 Å². The fourth-order valence-corrected chi connectivity index (χ4v) is 1.43. The lowest BCUT2D eigenvalue weighted by molar-refractivity contribution is -0.131. The maximum atomic E-state index is 11.7. The van der Waals surface area contributed by atoms with Crippen LogP contribution in [-0.4, -0.2) is 23.9 Å². The Kier molecular flexibility index (Phi) is 8.70. The van der Waals surface area contributed by atoms with E-state index < -0.39 is 0 Å². The molecule has 0 aromatic rings. The van der Waals surface area contributed by atoms with Gasteiger partial charge in [0.25, 0.3) is 0 Å². The van der Waals surface area contributed by atoms with Crippen LogP contribution in [0.3, 0.4) is 0 Å². The molecule has 84 valence electrons. The van der Waals surface area contributed by atoms with E-state index in [1.807, 2.05) is 4.90 Å². The molecule has 0 aromatic carbocycles. The second-order valence-electron chi connectivity index (χ2n) is 3.84. The van der Waals surface area contributed by atoms with E-state index in [0.717, 1.165) is 32.4 Å². The molecule has 0 aromatic heterocycles. The summed E-state index contributed by atoms with van der Waals surface area (Å²) in [6, 6.07) is 0. The summed E-state index contributed by atoms with van der Waals surface area (Å²) in [5.74, 6) is 0.342. The lowest BCUT2D eigenvalue weighted by Crippen LogP contribution is -2.32. The average Bonchev–Trinajstić information content (AvgIpc) is 2.18. The van der Waals surface area contributed by atoms with Gasteiger partial charge in [-0.25, -0.2) is 0 Å². The second-order valence-corrected chi connectivity index (χ2v) is 3.84. The Balaban J connectivity index is 3.88. The van der Waals surface area contributed by atoms with E-state index in [1.54, 1.807) is 0 Å². The molecule has 0 spiro atoms. The highest BCUT2D eigenvalue weighted by Crippen LogP contribution is 2.03. The number of hydrogen-bond donors (Lipinski definition) is 0. The monoisotopic (exact) mass is 199 g/mol. The summed E-state index contributed by atoms with van der Waals surface area (Å²) in [5, 5.41) is 0. The van der Waals surface area contributed by atoms with Crippen LogP contribution in [0.2, 0.25) is 0 Å². The van der Waals surface area contributed by atoms with Crippen LogP contribution in [0.1, 0.15) is 59.3 Å². The molecule has 0 aliphatic carbocycles. The Morgan fingerprint density at radius 1 is 0.929 bits per heavy atom. The van der Waals surface area contributed by atoms with Crippen LogP contribution in [0.5, 0.6) is 0 Å². The van der Waals surface area contributed by atoms with Crippen molar-refractivity contribution in [3.05, 3.63) is 0 Å². The molecule has 0 aliphatic heterocycles. The summed E-state index contributed by atoms with van der Waals surface area (Å²) in [4.78, 5) is 13.7. The number of carbonyl (C=O) groups excluding carboxylic acids is 1. The van der Waals surface area contributed by atoms with E-state index in [2.05, 4.69) is 20.8 Å². The van der Waals surface area contributed by atoms with Gasteiger partial charge in [-0.2, -0.15) is 0 Å². The second kappa shape index (κ2) is 9.04. The van der Waals surface area contributed by atoms with Crippen LogP contribution in [0.15, 0.2) is 0 Å². The molecule has 0 unspecified atom stereocenters. The summed E-state index contributed by atoms with van der Waals surface area (Å²) in [7, 11) is 0. The van der Waals surface area contributed by atoms with Gasteiger partial charge in [0.15, 0.2) is 0 Å². The first kappa shape index (κ1) is 13.5. The number of nitrogens with zero attached hydrogens (tertiary/aromatic N) is 1. The van der Waals surface area contributed by atoms with Crippen molar-refractivity contribution in [3.63, 3.8) is 0 Å². The zero-order valence-corrected chi connectivity index (χ0v) is 10.0. The average molecular weight is 199 g/mol. The van der Waals surface area contributed by atoms with Gasteiger partial charge < -0.3 is 4.90 Å². The van der Waals surface area contributed by atoms with Gasteiger partial charge in [-0.1, -0.05) is 33.6 Å². The first-order chi connectivity index (χ1) is 6.76. The fourth-order valence-electron chi connectivity index (χ4n) is 1.43.